The van der Waals surface area contributed by atoms with Gasteiger partial charge in [0.15, 0.2) is 5.82 Å². The summed E-state index contributed by atoms with van der Waals surface area (Å²) in [5.41, 5.74) is -0.342. The average Bonchev–Trinajstić information content (AvgIpc) is 3.25. The maximum Gasteiger partial charge on any atom is 1.00 e. The molecule has 0 saturated carbocycles. The van der Waals surface area contributed by atoms with Crippen LogP contribution in [-0.2, 0) is 4.74 Å². The molecule has 0 radical (unpaired) electrons. The summed E-state index contributed by atoms with van der Waals surface area (Å²) in [5.74, 6) is 0.155. The third kappa shape index (κ3) is 8.46. The van der Waals surface area contributed by atoms with Gasteiger partial charge < -0.3 is 29.5 Å². The summed E-state index contributed by atoms with van der Waals surface area (Å²) in [6.07, 6.45) is -1.81. The third-order valence-electron chi connectivity index (χ3n) is 4.92. The van der Waals surface area contributed by atoms with Gasteiger partial charge in [-0.15, -0.1) is 0 Å². The number of anilines is 1. The number of benzene rings is 1. The number of likely N-dealkylation sites (tertiary alicyclic amines) is 1. The van der Waals surface area contributed by atoms with Gasteiger partial charge in [0.2, 0.25) is 5.28 Å². The van der Waals surface area contributed by atoms with E-state index < -0.39 is 17.6 Å². The number of aromatic nitrogens is 2. The Kier molecular flexibility index (Phi) is 14.4. The monoisotopic (exact) mass is 908 g/mol. The molecular weight excluding hydrogens is 891 g/mol. The SMILES string of the molecule is CC(C)(C)OC(=O)N1C[C@@H]2C[C@H]1CN2c1nc(Cl)nc2c(F)c(Br)c(I)cc12.O=C([O-])[O-].[Cs+].[Cs+]. The number of fused-ring (bicyclic) bond motifs is 3. The van der Waals surface area contributed by atoms with Crippen LogP contribution in [0.2, 0.25) is 5.28 Å². The smallest absolute Gasteiger partial charge is 0.652 e. The number of halogens is 4. The van der Waals surface area contributed by atoms with Gasteiger partial charge in [0.1, 0.15) is 16.9 Å². The molecule has 1 amide bonds. The number of ether oxygens (including phenoxy) is 1. The second kappa shape index (κ2) is 14.2. The molecule has 2 aromatic rings. The number of piperazine rings is 1. The number of nitrogens with zero attached hydrogens (tertiary/aromatic N) is 4. The molecule has 2 aliphatic heterocycles. The molecule has 4 rings (SSSR count). The van der Waals surface area contributed by atoms with E-state index in [1.54, 1.807) is 4.90 Å². The number of hydrogen-bond acceptors (Lipinski definition) is 8. The zero-order chi connectivity index (χ0) is 24.0. The molecule has 15 heteroatoms. The molecule has 2 saturated heterocycles. The molecule has 174 valence electrons. The van der Waals surface area contributed by atoms with Gasteiger partial charge in [-0.2, -0.15) is 4.98 Å². The van der Waals surface area contributed by atoms with Crippen molar-refractivity contribution >= 4 is 79.1 Å². The first-order valence-electron chi connectivity index (χ1n) is 9.43. The van der Waals surface area contributed by atoms with E-state index >= 15 is 0 Å². The van der Waals surface area contributed by atoms with Crippen LogP contribution in [0, 0.1) is 9.39 Å². The van der Waals surface area contributed by atoms with E-state index in [1.165, 1.54) is 0 Å². The fourth-order valence-corrected chi connectivity index (χ4v) is 4.83. The topological polar surface area (TPSA) is 122 Å². The Morgan fingerprint density at radius 1 is 1.24 bits per heavy atom. The molecule has 2 bridgehead atoms. The van der Waals surface area contributed by atoms with Crippen molar-refractivity contribution in [3.8, 4) is 0 Å². The van der Waals surface area contributed by atoms with Crippen LogP contribution in [0.3, 0.4) is 0 Å². The predicted octanol–water partition coefficient (Wildman–Crippen LogP) is -3.45. The summed E-state index contributed by atoms with van der Waals surface area (Å²) >= 11 is 11.4. The zero-order valence-electron chi connectivity index (χ0n) is 19.2. The molecule has 1 aromatic carbocycles. The van der Waals surface area contributed by atoms with E-state index in [2.05, 4.69) is 53.4 Å². The molecular formula is C19H18BrClCs2FIN4O5. The fraction of sp³-hybridized carbons (Fsp3) is 0.474. The summed E-state index contributed by atoms with van der Waals surface area (Å²) in [6.45, 7) is 6.71. The van der Waals surface area contributed by atoms with Gasteiger partial charge in [0.25, 0.3) is 0 Å². The first kappa shape index (κ1) is 34.5. The van der Waals surface area contributed by atoms with E-state index in [-0.39, 0.29) is 167 Å². The third-order valence-corrected chi connectivity index (χ3v) is 7.46. The van der Waals surface area contributed by atoms with Crippen LogP contribution in [0.25, 0.3) is 10.9 Å². The quantitative estimate of drug-likeness (QED) is 0.165. The van der Waals surface area contributed by atoms with Crippen LogP contribution in [0.1, 0.15) is 27.2 Å². The van der Waals surface area contributed by atoms with Gasteiger partial charge >= 0.3 is 144 Å². The zero-order valence-corrected chi connectivity index (χ0v) is 36.3. The normalized spacial score (nSPS) is 18.6. The second-order valence-corrected chi connectivity index (χ2v) is 10.6. The van der Waals surface area contributed by atoms with Gasteiger partial charge in [-0.1, -0.05) is 0 Å². The maximum absolute atomic E-state index is 14.7. The van der Waals surface area contributed by atoms with E-state index in [1.807, 2.05) is 26.8 Å². The molecule has 34 heavy (non-hydrogen) atoms. The van der Waals surface area contributed by atoms with Gasteiger partial charge in [0, 0.05) is 22.0 Å². The summed E-state index contributed by atoms with van der Waals surface area (Å²) in [4.78, 5) is 33.2. The molecule has 9 nitrogen and oxygen atoms in total. The minimum Gasteiger partial charge on any atom is -0.652 e. The van der Waals surface area contributed by atoms with Crippen molar-refractivity contribution in [2.45, 2.75) is 44.9 Å². The molecule has 2 aliphatic rings. The van der Waals surface area contributed by atoms with Crippen molar-refractivity contribution in [2.75, 3.05) is 18.0 Å². The van der Waals surface area contributed by atoms with Crippen molar-refractivity contribution in [1.82, 2.24) is 14.9 Å². The molecule has 0 N–H and O–H groups in total. The molecule has 0 aliphatic carbocycles. The van der Waals surface area contributed by atoms with Crippen molar-refractivity contribution in [2.24, 2.45) is 0 Å². The molecule has 0 spiro atoms. The molecule has 2 atom stereocenters. The summed E-state index contributed by atoms with van der Waals surface area (Å²) in [5, 5.41) is 17.3. The number of carbonyl (C=O) groups is 2. The van der Waals surface area contributed by atoms with E-state index in [0.29, 0.717) is 28.8 Å². The summed E-state index contributed by atoms with van der Waals surface area (Å²) < 4.78 is 21.3. The van der Waals surface area contributed by atoms with Crippen molar-refractivity contribution in [1.29, 1.82) is 0 Å². The van der Waals surface area contributed by atoms with Gasteiger partial charge in [-0.25, -0.2) is 14.2 Å². The standard InChI is InChI=1S/C18H18BrClFIN4O2.CH2O3.2Cs/c1-18(2,3)28-17(27)26-7-8-4-9(26)6-25(8)15-10-5-11(22)12(19)13(21)14(10)23-16(20)24-15;2-1(3)4;;/h5,8-9H,4,6-7H2,1-3H3;(H2,2,3,4);;/q;;2*+1/p-2/t8-,9-;;;/m0.../s1. The van der Waals surface area contributed by atoms with Crippen LogP contribution < -0.4 is 153 Å². The summed E-state index contributed by atoms with van der Waals surface area (Å²) in [7, 11) is 0. The Labute approximate surface area is 340 Å². The maximum atomic E-state index is 14.7. The van der Waals surface area contributed by atoms with Crippen LogP contribution in [0.4, 0.5) is 19.8 Å². The van der Waals surface area contributed by atoms with E-state index in [9.17, 15) is 9.18 Å². The number of carboxylic acid groups (broad SMARTS) is 2. The minimum atomic E-state index is -2.33. The number of carbonyl (C=O) groups excluding carboxylic acids is 2. The fourth-order valence-electron chi connectivity index (χ4n) is 3.82. The molecule has 1 aromatic heterocycles. The first-order chi connectivity index (χ1) is 14.8. The Morgan fingerprint density at radius 3 is 2.32 bits per heavy atom. The van der Waals surface area contributed by atoms with Crippen LogP contribution >= 0.6 is 50.1 Å². The Hall–Kier alpha value is 2.43. The Morgan fingerprint density at radius 2 is 1.82 bits per heavy atom. The minimum absolute atomic E-state index is 0. The van der Waals surface area contributed by atoms with Gasteiger partial charge in [-0.3, -0.25) is 0 Å². The number of amides is 1. The van der Waals surface area contributed by atoms with E-state index in [0.717, 1.165) is 9.99 Å². The molecule has 0 unspecified atom stereocenters. The van der Waals surface area contributed by atoms with Crippen LogP contribution in [0.5, 0.6) is 0 Å². The van der Waals surface area contributed by atoms with Crippen molar-refractivity contribution < 1.29 is 167 Å². The van der Waals surface area contributed by atoms with Gasteiger partial charge in [0.05, 0.1) is 16.6 Å². The van der Waals surface area contributed by atoms with Crippen molar-refractivity contribution in [3.63, 3.8) is 0 Å². The van der Waals surface area contributed by atoms with Crippen LogP contribution in [-0.4, -0.2) is 57.9 Å². The van der Waals surface area contributed by atoms with Crippen molar-refractivity contribution in [3.05, 3.63) is 25.2 Å². The predicted molar refractivity (Wildman–Crippen MR) is 123 cm³/mol. The van der Waals surface area contributed by atoms with Gasteiger partial charge in [-0.05, 0) is 89.5 Å². The first-order valence-corrected chi connectivity index (χ1v) is 11.7. The number of rotatable bonds is 1. The Balaban J connectivity index is 0.000000895. The van der Waals surface area contributed by atoms with E-state index in [4.69, 9.17) is 31.3 Å². The molecule has 2 fully saturated rings. The Bertz CT molecular complexity index is 1090. The second-order valence-electron chi connectivity index (χ2n) is 8.28. The largest absolute Gasteiger partial charge is 1.00 e. The average molecular weight is 909 g/mol. The summed E-state index contributed by atoms with van der Waals surface area (Å²) in [6, 6.07) is 1.96. The number of hydrogen-bond donors (Lipinski definition) is 0. The van der Waals surface area contributed by atoms with Crippen LogP contribution in [0.15, 0.2) is 10.5 Å². The molecule has 3 heterocycles.